The summed E-state index contributed by atoms with van der Waals surface area (Å²) in [6.07, 6.45) is 0. The van der Waals surface area contributed by atoms with Gasteiger partial charge in [-0.25, -0.2) is 0 Å². The van der Waals surface area contributed by atoms with Gasteiger partial charge in [-0.05, 0) is 43.9 Å². The van der Waals surface area contributed by atoms with E-state index in [9.17, 15) is 14.9 Å². The van der Waals surface area contributed by atoms with Gasteiger partial charge in [-0.2, -0.15) is 5.10 Å². The van der Waals surface area contributed by atoms with Crippen molar-refractivity contribution in [2.45, 2.75) is 53.0 Å². The van der Waals surface area contributed by atoms with Crippen LogP contribution >= 0.6 is 0 Å². The molecule has 1 aromatic heterocycles. The molecule has 7 nitrogen and oxygen atoms in total. The number of nitrogens with zero attached hydrogens (tertiary/aromatic N) is 3. The first kappa shape index (κ1) is 18.6. The molecule has 0 aliphatic rings. The van der Waals surface area contributed by atoms with Crippen molar-refractivity contribution in [1.82, 2.24) is 9.78 Å². The summed E-state index contributed by atoms with van der Waals surface area (Å²) in [6.45, 7) is 11.2. The molecular weight excluding hydrogens is 320 g/mol. The standard InChI is InChI=1S/C18H24N4O3/c1-11-16(22(24)25)12(2)21(20-11)13(3)17(23)19-15-9-7-14(8-10-15)18(4,5)6/h7-10,13H,1-6H3,(H,19,23). The first-order valence-corrected chi connectivity index (χ1v) is 8.14. The summed E-state index contributed by atoms with van der Waals surface area (Å²) >= 11 is 0. The maximum absolute atomic E-state index is 12.5. The molecule has 0 fully saturated rings. The normalized spacial score (nSPS) is 12.7. The fourth-order valence-corrected chi connectivity index (χ4v) is 2.71. The van der Waals surface area contributed by atoms with E-state index in [0.717, 1.165) is 0 Å². The van der Waals surface area contributed by atoms with Gasteiger partial charge in [0, 0.05) is 5.69 Å². The Morgan fingerprint density at radius 2 is 1.80 bits per heavy atom. The molecule has 1 heterocycles. The summed E-state index contributed by atoms with van der Waals surface area (Å²) in [5.41, 5.74) is 2.52. The summed E-state index contributed by atoms with van der Waals surface area (Å²) in [6, 6.07) is 7.02. The Balaban J connectivity index is 2.19. The maximum Gasteiger partial charge on any atom is 0.312 e. The second-order valence-electron chi connectivity index (χ2n) is 7.21. The van der Waals surface area contributed by atoms with E-state index < -0.39 is 11.0 Å². The quantitative estimate of drug-likeness (QED) is 0.672. The number of anilines is 1. The molecule has 0 radical (unpaired) electrons. The summed E-state index contributed by atoms with van der Waals surface area (Å²) < 4.78 is 1.40. The van der Waals surface area contributed by atoms with Crippen molar-refractivity contribution in [3.8, 4) is 0 Å². The highest BCUT2D eigenvalue weighted by atomic mass is 16.6. The Kier molecular flexibility index (Phi) is 4.97. The van der Waals surface area contributed by atoms with E-state index in [1.165, 1.54) is 10.2 Å². The molecule has 0 bridgehead atoms. The Bertz CT molecular complexity index is 801. The number of aryl methyl sites for hydroxylation is 1. The number of nitro groups is 1. The van der Waals surface area contributed by atoms with Gasteiger partial charge in [0.25, 0.3) is 0 Å². The third-order valence-corrected chi connectivity index (χ3v) is 4.23. The van der Waals surface area contributed by atoms with Crippen molar-refractivity contribution in [3.63, 3.8) is 0 Å². The lowest BCUT2D eigenvalue weighted by Gasteiger charge is -2.19. The molecule has 1 atom stereocenters. The zero-order chi connectivity index (χ0) is 18.9. The number of nitrogens with one attached hydrogen (secondary N) is 1. The van der Waals surface area contributed by atoms with Gasteiger partial charge in [0.05, 0.1) is 4.92 Å². The number of benzene rings is 1. The molecule has 0 spiro atoms. The van der Waals surface area contributed by atoms with Crippen molar-refractivity contribution in [1.29, 1.82) is 0 Å². The second-order valence-corrected chi connectivity index (χ2v) is 7.21. The van der Waals surface area contributed by atoms with Gasteiger partial charge in [0.2, 0.25) is 5.91 Å². The van der Waals surface area contributed by atoms with Crippen LogP contribution in [0.5, 0.6) is 0 Å². The molecule has 134 valence electrons. The van der Waals surface area contributed by atoms with Crippen LogP contribution in [-0.2, 0) is 10.2 Å². The van der Waals surface area contributed by atoms with Crippen molar-refractivity contribution in [2.75, 3.05) is 5.32 Å². The van der Waals surface area contributed by atoms with E-state index in [-0.39, 0.29) is 17.0 Å². The molecule has 7 heteroatoms. The van der Waals surface area contributed by atoms with E-state index in [1.54, 1.807) is 20.8 Å². The average molecular weight is 344 g/mol. The van der Waals surface area contributed by atoms with Crippen LogP contribution in [0.1, 0.15) is 50.7 Å². The van der Waals surface area contributed by atoms with E-state index in [4.69, 9.17) is 0 Å². The third-order valence-electron chi connectivity index (χ3n) is 4.23. The van der Waals surface area contributed by atoms with E-state index in [1.807, 2.05) is 24.3 Å². The van der Waals surface area contributed by atoms with Gasteiger partial charge in [-0.3, -0.25) is 19.6 Å². The Morgan fingerprint density at radius 3 is 2.24 bits per heavy atom. The van der Waals surface area contributed by atoms with E-state index in [0.29, 0.717) is 17.1 Å². The summed E-state index contributed by atoms with van der Waals surface area (Å²) in [5, 5.41) is 18.1. The van der Waals surface area contributed by atoms with Gasteiger partial charge in [-0.15, -0.1) is 0 Å². The molecule has 0 saturated heterocycles. The predicted octanol–water partition coefficient (Wildman–Crippen LogP) is 3.91. The van der Waals surface area contributed by atoms with Crippen LogP contribution in [-0.4, -0.2) is 20.6 Å². The molecule has 1 aromatic carbocycles. The van der Waals surface area contributed by atoms with Gasteiger partial charge in [-0.1, -0.05) is 32.9 Å². The topological polar surface area (TPSA) is 90.1 Å². The molecule has 0 aliphatic carbocycles. The minimum absolute atomic E-state index is 0.0401. The fourth-order valence-electron chi connectivity index (χ4n) is 2.71. The van der Waals surface area contributed by atoms with Gasteiger partial charge in [0.1, 0.15) is 17.4 Å². The minimum atomic E-state index is -0.658. The van der Waals surface area contributed by atoms with E-state index >= 15 is 0 Å². The van der Waals surface area contributed by atoms with Crippen molar-refractivity contribution < 1.29 is 9.72 Å². The molecular formula is C18H24N4O3. The second kappa shape index (κ2) is 6.66. The number of rotatable bonds is 4. The maximum atomic E-state index is 12.5. The largest absolute Gasteiger partial charge is 0.324 e. The van der Waals surface area contributed by atoms with Crippen LogP contribution in [0.25, 0.3) is 0 Å². The molecule has 2 rings (SSSR count). The minimum Gasteiger partial charge on any atom is -0.324 e. The van der Waals surface area contributed by atoms with Crippen molar-refractivity contribution in [2.24, 2.45) is 0 Å². The van der Waals surface area contributed by atoms with Crippen LogP contribution in [0.4, 0.5) is 11.4 Å². The molecule has 0 saturated carbocycles. The highest BCUT2D eigenvalue weighted by molar-refractivity contribution is 5.93. The van der Waals surface area contributed by atoms with Crippen LogP contribution < -0.4 is 5.32 Å². The first-order chi connectivity index (χ1) is 11.5. The lowest BCUT2D eigenvalue weighted by Crippen LogP contribution is -2.25. The van der Waals surface area contributed by atoms with Crippen molar-refractivity contribution >= 4 is 17.3 Å². The highest BCUT2D eigenvalue weighted by Gasteiger charge is 2.27. The molecule has 1 unspecified atom stereocenters. The molecule has 2 aromatic rings. The third kappa shape index (κ3) is 3.87. The van der Waals surface area contributed by atoms with Gasteiger partial charge >= 0.3 is 5.69 Å². The lowest BCUT2D eigenvalue weighted by atomic mass is 9.87. The summed E-state index contributed by atoms with van der Waals surface area (Å²) in [4.78, 5) is 23.1. The lowest BCUT2D eigenvalue weighted by molar-refractivity contribution is -0.386. The Labute approximate surface area is 147 Å². The fraction of sp³-hybridized carbons (Fsp3) is 0.444. The molecule has 1 amide bonds. The van der Waals surface area contributed by atoms with Gasteiger partial charge < -0.3 is 5.32 Å². The average Bonchev–Trinajstić information content (AvgIpc) is 2.80. The Hall–Kier alpha value is -2.70. The number of amides is 1. The SMILES string of the molecule is Cc1nn(C(C)C(=O)Nc2ccc(C(C)(C)C)cc2)c(C)c1[N+](=O)[O-]. The number of carbonyl (C=O) groups is 1. The molecule has 1 N–H and O–H groups in total. The number of hydrogen-bond acceptors (Lipinski definition) is 4. The van der Waals surface area contributed by atoms with Crippen molar-refractivity contribution in [3.05, 3.63) is 51.3 Å². The van der Waals surface area contributed by atoms with Gasteiger partial charge in [0.15, 0.2) is 0 Å². The van der Waals surface area contributed by atoms with Crippen LogP contribution in [0.2, 0.25) is 0 Å². The number of hydrogen-bond donors (Lipinski definition) is 1. The number of aromatic nitrogens is 2. The monoisotopic (exact) mass is 344 g/mol. The molecule has 25 heavy (non-hydrogen) atoms. The van der Waals surface area contributed by atoms with E-state index in [2.05, 4.69) is 31.2 Å². The summed E-state index contributed by atoms with van der Waals surface area (Å²) in [7, 11) is 0. The zero-order valence-electron chi connectivity index (χ0n) is 15.5. The number of carbonyl (C=O) groups excluding carboxylic acids is 1. The molecule has 0 aliphatic heterocycles. The smallest absolute Gasteiger partial charge is 0.312 e. The van der Waals surface area contributed by atoms with Crippen LogP contribution in [0.15, 0.2) is 24.3 Å². The predicted molar refractivity (Wildman–Crippen MR) is 96.8 cm³/mol. The zero-order valence-corrected chi connectivity index (χ0v) is 15.5. The Morgan fingerprint density at radius 1 is 1.24 bits per heavy atom. The van der Waals surface area contributed by atoms with Crippen LogP contribution in [0, 0.1) is 24.0 Å². The highest BCUT2D eigenvalue weighted by Crippen LogP contribution is 2.26. The first-order valence-electron chi connectivity index (χ1n) is 8.14. The van der Waals surface area contributed by atoms with Crippen LogP contribution in [0.3, 0.4) is 0 Å². The summed E-state index contributed by atoms with van der Waals surface area (Å²) in [5.74, 6) is -0.274.